The van der Waals surface area contributed by atoms with Crippen molar-refractivity contribution >= 4 is 17.5 Å². The molecular formula is C17H15N5O7. The van der Waals surface area contributed by atoms with Gasteiger partial charge in [0.05, 0.1) is 23.7 Å². The Morgan fingerprint density at radius 3 is 2.69 bits per heavy atom. The van der Waals surface area contributed by atoms with E-state index in [1.54, 1.807) is 12.2 Å². The minimum Gasteiger partial charge on any atom is -0.378 e. The number of hydrogen-bond donors (Lipinski definition) is 2. The van der Waals surface area contributed by atoms with Gasteiger partial charge in [-0.15, -0.1) is 0 Å². The highest BCUT2D eigenvalue weighted by molar-refractivity contribution is 6.48. The van der Waals surface area contributed by atoms with E-state index >= 15 is 0 Å². The number of Topliss-reactive ketones (excluding diaryl/α,β-unsaturated/α-hetero) is 1. The van der Waals surface area contributed by atoms with E-state index in [1.165, 1.54) is 6.20 Å². The maximum absolute atomic E-state index is 11.7. The van der Waals surface area contributed by atoms with Crippen LogP contribution in [0, 0.1) is 10.1 Å². The Kier molecular flexibility index (Phi) is 4.70. The van der Waals surface area contributed by atoms with E-state index in [2.05, 4.69) is 10.5 Å². The number of carbonyl (C=O) groups is 2. The number of hydroxylamine groups is 3. The summed E-state index contributed by atoms with van der Waals surface area (Å²) in [5.74, 6) is -1.51. The third-order valence-electron chi connectivity index (χ3n) is 4.46. The predicted octanol–water partition coefficient (Wildman–Crippen LogP) is -0.238. The molecule has 0 radical (unpaired) electrons. The van der Waals surface area contributed by atoms with Crippen LogP contribution in [0.4, 0.5) is 0 Å². The number of allylic oxidation sites excluding steroid dienone is 5. The first kappa shape index (κ1) is 18.6. The minimum absolute atomic E-state index is 0.00496. The third-order valence-corrected chi connectivity index (χ3v) is 4.46. The van der Waals surface area contributed by atoms with Gasteiger partial charge in [0.15, 0.2) is 5.82 Å². The number of hydrogen-bond acceptors (Lipinski definition) is 11. The predicted molar refractivity (Wildman–Crippen MR) is 95.1 cm³/mol. The van der Waals surface area contributed by atoms with Crippen molar-refractivity contribution in [3.05, 3.63) is 69.1 Å². The number of aliphatic imine (C=N–C) groups is 1. The number of nitrogens with zero attached hydrogens (tertiary/aromatic N) is 4. The lowest BCUT2D eigenvalue weighted by atomic mass is 10.0. The summed E-state index contributed by atoms with van der Waals surface area (Å²) in [6.07, 6.45) is 6.59. The number of nitro groups is 1. The topological polar surface area (TPSA) is 147 Å². The lowest BCUT2D eigenvalue weighted by Crippen LogP contribution is -2.40. The standard InChI is InChI=1S/C17H15N5O7/c23-13-8-11(7-12(15(13)24)22(26)27)17-18-16(19-29-17)10-1-2-21(25)14(9-10)20-3-5-28-6-4-20/h1-2,7-9,19,25H,3-6H2/b16-10+. The van der Waals surface area contributed by atoms with Gasteiger partial charge in [0.2, 0.25) is 5.78 Å². The van der Waals surface area contributed by atoms with Crippen molar-refractivity contribution in [1.29, 1.82) is 0 Å². The summed E-state index contributed by atoms with van der Waals surface area (Å²) in [6, 6.07) is 0. The van der Waals surface area contributed by atoms with Gasteiger partial charge in [-0.25, -0.2) is 10.5 Å². The number of rotatable bonds is 3. The lowest BCUT2D eigenvalue weighted by molar-refractivity contribution is -0.418. The highest BCUT2D eigenvalue weighted by Gasteiger charge is 2.34. The van der Waals surface area contributed by atoms with Crippen LogP contribution in [-0.4, -0.2) is 63.9 Å². The van der Waals surface area contributed by atoms with Crippen LogP contribution >= 0.6 is 0 Å². The molecule has 0 aromatic rings. The molecule has 1 fully saturated rings. The van der Waals surface area contributed by atoms with Gasteiger partial charge in [-0.05, 0) is 12.2 Å². The first-order valence-corrected chi connectivity index (χ1v) is 8.57. The average Bonchev–Trinajstić information content (AvgIpc) is 3.21. The van der Waals surface area contributed by atoms with Crippen molar-refractivity contribution in [1.82, 2.24) is 15.4 Å². The zero-order valence-electron chi connectivity index (χ0n) is 14.9. The molecule has 1 aliphatic carbocycles. The molecule has 3 aliphatic heterocycles. The molecule has 4 aliphatic rings. The molecule has 0 amide bonds. The molecule has 12 nitrogen and oxygen atoms in total. The molecule has 4 rings (SSSR count). The highest BCUT2D eigenvalue weighted by Crippen LogP contribution is 2.25. The average molecular weight is 401 g/mol. The van der Waals surface area contributed by atoms with Crippen LogP contribution in [0.25, 0.3) is 0 Å². The van der Waals surface area contributed by atoms with Gasteiger partial charge >= 0.3 is 11.5 Å². The van der Waals surface area contributed by atoms with Crippen LogP contribution < -0.4 is 5.48 Å². The van der Waals surface area contributed by atoms with Gasteiger partial charge < -0.3 is 14.5 Å². The summed E-state index contributed by atoms with van der Waals surface area (Å²) in [7, 11) is 0. The zero-order chi connectivity index (χ0) is 20.5. The van der Waals surface area contributed by atoms with Crippen LogP contribution in [-0.2, 0) is 19.2 Å². The summed E-state index contributed by atoms with van der Waals surface area (Å²) >= 11 is 0. The number of nitrogens with one attached hydrogen (secondary N) is 1. The molecule has 0 aromatic heterocycles. The van der Waals surface area contributed by atoms with Gasteiger partial charge in [0.25, 0.3) is 5.90 Å². The SMILES string of the molecule is O=C1C=C(C2=N/C(=C3/C=CN(O)C(N4CCOCC4)=C3)NO2)C=C([N+](=O)[O-])C1=O. The first-order chi connectivity index (χ1) is 13.9. The van der Waals surface area contributed by atoms with Crippen LogP contribution in [0.1, 0.15) is 0 Å². The molecule has 29 heavy (non-hydrogen) atoms. The van der Waals surface area contributed by atoms with Gasteiger partial charge in [-0.2, -0.15) is 4.99 Å². The second-order valence-corrected chi connectivity index (χ2v) is 6.27. The summed E-state index contributed by atoms with van der Waals surface area (Å²) in [4.78, 5) is 44.8. The fourth-order valence-corrected chi connectivity index (χ4v) is 2.99. The van der Waals surface area contributed by atoms with Crippen LogP contribution in [0.3, 0.4) is 0 Å². The van der Waals surface area contributed by atoms with Crippen LogP contribution in [0.2, 0.25) is 0 Å². The Labute approximate surface area is 163 Å². The Bertz CT molecular complexity index is 982. The van der Waals surface area contributed by atoms with Crippen molar-refractivity contribution < 1.29 is 29.3 Å². The van der Waals surface area contributed by atoms with E-state index < -0.39 is 22.2 Å². The summed E-state index contributed by atoms with van der Waals surface area (Å²) in [5, 5.41) is 22.1. The molecule has 0 saturated carbocycles. The first-order valence-electron chi connectivity index (χ1n) is 8.57. The minimum atomic E-state index is -1.19. The van der Waals surface area contributed by atoms with Crippen molar-refractivity contribution in [2.45, 2.75) is 0 Å². The number of carbonyl (C=O) groups excluding carboxylic acids is 2. The molecular weight excluding hydrogens is 386 g/mol. The summed E-state index contributed by atoms with van der Waals surface area (Å²) < 4.78 is 5.31. The molecule has 12 heteroatoms. The van der Waals surface area contributed by atoms with Crippen LogP contribution in [0.5, 0.6) is 0 Å². The second kappa shape index (κ2) is 7.33. The van der Waals surface area contributed by atoms with Crippen molar-refractivity contribution in [3.8, 4) is 0 Å². The molecule has 0 spiro atoms. The second-order valence-electron chi connectivity index (χ2n) is 6.27. The Hall–Kier alpha value is -3.77. The van der Waals surface area contributed by atoms with E-state index in [0.717, 1.165) is 17.2 Å². The molecule has 0 atom stereocenters. The van der Waals surface area contributed by atoms with E-state index in [4.69, 9.17) is 9.57 Å². The van der Waals surface area contributed by atoms with Crippen molar-refractivity contribution in [3.63, 3.8) is 0 Å². The number of morpholine rings is 1. The maximum atomic E-state index is 11.7. The maximum Gasteiger partial charge on any atom is 0.321 e. The van der Waals surface area contributed by atoms with E-state index in [9.17, 15) is 24.9 Å². The van der Waals surface area contributed by atoms with Gasteiger partial charge in [-0.1, -0.05) is 0 Å². The van der Waals surface area contributed by atoms with Gasteiger partial charge in [0, 0.05) is 37.0 Å². The summed E-state index contributed by atoms with van der Waals surface area (Å²) in [5.41, 5.74) is 2.32. The van der Waals surface area contributed by atoms with E-state index in [0.29, 0.717) is 37.7 Å². The molecule has 0 aromatic carbocycles. The normalized spacial score (nSPS) is 24.4. The number of ketones is 2. The van der Waals surface area contributed by atoms with Gasteiger partial charge in [0.1, 0.15) is 5.82 Å². The van der Waals surface area contributed by atoms with E-state index in [-0.39, 0.29) is 17.3 Å². The molecule has 150 valence electrons. The third kappa shape index (κ3) is 3.53. The number of ether oxygens (including phenoxy) is 1. The molecule has 0 bridgehead atoms. The molecule has 3 heterocycles. The molecule has 0 unspecified atom stereocenters. The smallest absolute Gasteiger partial charge is 0.321 e. The quantitative estimate of drug-likeness (QED) is 0.281. The summed E-state index contributed by atoms with van der Waals surface area (Å²) in [6.45, 7) is 2.29. The highest BCUT2D eigenvalue weighted by atomic mass is 16.7. The monoisotopic (exact) mass is 401 g/mol. The Balaban J connectivity index is 1.64. The van der Waals surface area contributed by atoms with Crippen molar-refractivity contribution in [2.24, 2.45) is 4.99 Å². The fourth-order valence-electron chi connectivity index (χ4n) is 2.99. The molecule has 1 saturated heterocycles. The van der Waals surface area contributed by atoms with Crippen molar-refractivity contribution in [2.75, 3.05) is 26.3 Å². The van der Waals surface area contributed by atoms with Crippen LogP contribution in [0.15, 0.2) is 64.0 Å². The van der Waals surface area contributed by atoms with Gasteiger partial charge in [-0.3, -0.25) is 24.9 Å². The fraction of sp³-hybridized carbons (Fsp3) is 0.235. The Morgan fingerprint density at radius 1 is 1.21 bits per heavy atom. The zero-order valence-corrected chi connectivity index (χ0v) is 14.9. The Morgan fingerprint density at radius 2 is 1.97 bits per heavy atom. The largest absolute Gasteiger partial charge is 0.378 e. The lowest BCUT2D eigenvalue weighted by Gasteiger charge is -2.34. The van der Waals surface area contributed by atoms with E-state index in [1.807, 2.05) is 4.90 Å². The molecule has 2 N–H and O–H groups in total.